The summed E-state index contributed by atoms with van der Waals surface area (Å²) in [5.41, 5.74) is 3.41. The van der Waals surface area contributed by atoms with Gasteiger partial charge in [-0.15, -0.1) is 0 Å². The Bertz CT molecular complexity index is 638. The lowest BCUT2D eigenvalue weighted by atomic mass is 10.1. The zero-order valence-corrected chi connectivity index (χ0v) is 13.5. The van der Waals surface area contributed by atoms with Crippen LogP contribution in [0.1, 0.15) is 11.1 Å². The summed E-state index contributed by atoms with van der Waals surface area (Å²) in [7, 11) is 0. The summed E-state index contributed by atoms with van der Waals surface area (Å²) in [4.78, 5) is 0. The Hall–Kier alpha value is -2.33. The van der Waals surface area contributed by atoms with E-state index in [-0.39, 0.29) is 0 Å². The molecule has 0 heterocycles. The maximum Gasteiger partial charge on any atom is 0.171 e. The first kappa shape index (κ1) is 16.0. The fourth-order valence-corrected chi connectivity index (χ4v) is 2.14. The lowest BCUT2D eigenvalue weighted by Gasteiger charge is -2.12. The molecule has 0 unspecified atom stereocenters. The lowest BCUT2D eigenvalue weighted by Crippen LogP contribution is -2.28. The number of rotatable bonds is 6. The monoisotopic (exact) mass is 312 g/mol. The van der Waals surface area contributed by atoms with Crippen LogP contribution in [-0.4, -0.2) is 11.7 Å². The maximum atomic E-state index is 5.44. The Morgan fingerprint density at radius 2 is 1.91 bits per heavy atom. The number of hydrogen-bond donors (Lipinski definition) is 2. The Balaban J connectivity index is 1.84. The van der Waals surface area contributed by atoms with Gasteiger partial charge in [-0.1, -0.05) is 36.9 Å². The zero-order valence-electron chi connectivity index (χ0n) is 12.6. The van der Waals surface area contributed by atoms with Gasteiger partial charge in [0.1, 0.15) is 12.4 Å². The first-order valence-electron chi connectivity index (χ1n) is 7.12. The number of thiocarbonyl (C=S) groups is 1. The van der Waals surface area contributed by atoms with Gasteiger partial charge in [0.05, 0.1) is 0 Å². The first-order chi connectivity index (χ1) is 10.7. The second kappa shape index (κ2) is 8.20. The number of anilines is 1. The molecular formula is C18H20N2OS. The van der Waals surface area contributed by atoms with Crippen molar-refractivity contribution in [2.45, 2.75) is 13.5 Å². The summed E-state index contributed by atoms with van der Waals surface area (Å²) in [6.45, 7) is 6.92. The molecule has 22 heavy (non-hydrogen) atoms. The predicted octanol–water partition coefficient (Wildman–Crippen LogP) is 4.05. The smallest absolute Gasteiger partial charge is 0.171 e. The SMILES string of the molecule is C=CCOc1ccc(NC(=S)NCc2ccccc2C)cc1. The average molecular weight is 312 g/mol. The van der Waals surface area contributed by atoms with Crippen molar-refractivity contribution in [1.82, 2.24) is 5.32 Å². The largest absolute Gasteiger partial charge is 0.490 e. The molecule has 3 nitrogen and oxygen atoms in total. The molecule has 2 rings (SSSR count). The van der Waals surface area contributed by atoms with E-state index >= 15 is 0 Å². The molecule has 0 aliphatic heterocycles. The summed E-state index contributed by atoms with van der Waals surface area (Å²) >= 11 is 5.31. The standard InChI is InChI=1S/C18H20N2OS/c1-3-12-21-17-10-8-16(9-11-17)20-18(22)19-13-15-7-5-4-6-14(15)2/h3-11H,1,12-13H2,2H3,(H2,19,20,22). The van der Waals surface area contributed by atoms with Crippen LogP contribution in [0, 0.1) is 6.92 Å². The van der Waals surface area contributed by atoms with Crippen LogP contribution in [-0.2, 0) is 6.54 Å². The maximum absolute atomic E-state index is 5.44. The molecular weight excluding hydrogens is 292 g/mol. The number of hydrogen-bond acceptors (Lipinski definition) is 2. The highest BCUT2D eigenvalue weighted by Gasteiger charge is 2.00. The third-order valence-corrected chi connectivity index (χ3v) is 3.43. The minimum absolute atomic E-state index is 0.503. The molecule has 0 aliphatic carbocycles. The van der Waals surface area contributed by atoms with Crippen molar-refractivity contribution in [1.29, 1.82) is 0 Å². The molecule has 0 aliphatic rings. The zero-order chi connectivity index (χ0) is 15.8. The number of aryl methyl sites for hydroxylation is 1. The summed E-state index contributed by atoms with van der Waals surface area (Å²) in [6, 6.07) is 15.9. The Labute approximate surface area is 137 Å². The molecule has 0 amide bonds. The number of nitrogens with one attached hydrogen (secondary N) is 2. The fraction of sp³-hybridized carbons (Fsp3) is 0.167. The molecule has 2 aromatic rings. The van der Waals surface area contributed by atoms with E-state index in [0.29, 0.717) is 18.3 Å². The highest BCUT2D eigenvalue weighted by molar-refractivity contribution is 7.80. The molecule has 0 spiro atoms. The van der Waals surface area contributed by atoms with Gasteiger partial charge in [-0.3, -0.25) is 0 Å². The van der Waals surface area contributed by atoms with Gasteiger partial charge in [-0.25, -0.2) is 0 Å². The molecule has 2 aromatic carbocycles. The van der Waals surface area contributed by atoms with Crippen molar-refractivity contribution in [3.8, 4) is 5.75 Å². The normalized spacial score (nSPS) is 9.86. The van der Waals surface area contributed by atoms with Gasteiger partial charge in [0.2, 0.25) is 0 Å². The van der Waals surface area contributed by atoms with Gasteiger partial charge in [0.25, 0.3) is 0 Å². The van der Waals surface area contributed by atoms with E-state index in [1.165, 1.54) is 11.1 Å². The van der Waals surface area contributed by atoms with Gasteiger partial charge in [0, 0.05) is 12.2 Å². The van der Waals surface area contributed by atoms with Crippen LogP contribution < -0.4 is 15.4 Å². The van der Waals surface area contributed by atoms with Crippen molar-refractivity contribution in [2.75, 3.05) is 11.9 Å². The van der Waals surface area contributed by atoms with Gasteiger partial charge in [-0.05, 0) is 54.5 Å². The quantitative estimate of drug-likeness (QED) is 0.623. The van der Waals surface area contributed by atoms with E-state index in [2.05, 4.69) is 36.3 Å². The van der Waals surface area contributed by atoms with Crippen molar-refractivity contribution >= 4 is 23.0 Å². The average Bonchev–Trinajstić information content (AvgIpc) is 2.53. The predicted molar refractivity (Wildman–Crippen MR) is 96.4 cm³/mol. The molecule has 4 heteroatoms. The molecule has 0 saturated heterocycles. The number of benzene rings is 2. The van der Waals surface area contributed by atoms with E-state index < -0.39 is 0 Å². The van der Waals surface area contributed by atoms with Gasteiger partial charge in [0.15, 0.2) is 5.11 Å². The van der Waals surface area contributed by atoms with Crippen molar-refractivity contribution in [3.63, 3.8) is 0 Å². The van der Waals surface area contributed by atoms with E-state index in [4.69, 9.17) is 17.0 Å². The Morgan fingerprint density at radius 1 is 1.18 bits per heavy atom. The number of ether oxygens (including phenoxy) is 1. The van der Waals surface area contributed by atoms with Crippen molar-refractivity contribution in [2.24, 2.45) is 0 Å². The topological polar surface area (TPSA) is 33.3 Å². The molecule has 0 fully saturated rings. The van der Waals surface area contributed by atoms with Crippen molar-refractivity contribution in [3.05, 3.63) is 72.3 Å². The van der Waals surface area contributed by atoms with Crippen molar-refractivity contribution < 1.29 is 4.74 Å². The summed E-state index contributed by atoms with van der Waals surface area (Å²) in [5.74, 6) is 0.809. The minimum atomic E-state index is 0.503. The Morgan fingerprint density at radius 3 is 2.59 bits per heavy atom. The van der Waals surface area contributed by atoms with Gasteiger partial charge < -0.3 is 15.4 Å². The fourth-order valence-electron chi connectivity index (χ4n) is 1.95. The van der Waals surface area contributed by atoms with Crippen LogP contribution in [0.3, 0.4) is 0 Å². The van der Waals surface area contributed by atoms with Gasteiger partial charge in [-0.2, -0.15) is 0 Å². The highest BCUT2D eigenvalue weighted by Crippen LogP contribution is 2.15. The van der Waals surface area contributed by atoms with E-state index in [9.17, 15) is 0 Å². The molecule has 2 N–H and O–H groups in total. The second-order valence-electron chi connectivity index (χ2n) is 4.86. The van der Waals surface area contributed by atoms with Crippen LogP contribution >= 0.6 is 12.2 Å². The highest BCUT2D eigenvalue weighted by atomic mass is 32.1. The van der Waals surface area contributed by atoms with Crippen LogP contribution in [0.25, 0.3) is 0 Å². The van der Waals surface area contributed by atoms with Crippen LogP contribution in [0.15, 0.2) is 61.2 Å². The minimum Gasteiger partial charge on any atom is -0.490 e. The molecule has 0 radical (unpaired) electrons. The third kappa shape index (κ3) is 4.90. The van der Waals surface area contributed by atoms with Crippen LogP contribution in [0.2, 0.25) is 0 Å². The van der Waals surface area contributed by atoms with Crippen LogP contribution in [0.4, 0.5) is 5.69 Å². The molecule has 0 atom stereocenters. The van der Waals surface area contributed by atoms with E-state index in [0.717, 1.165) is 11.4 Å². The first-order valence-corrected chi connectivity index (χ1v) is 7.53. The van der Waals surface area contributed by atoms with E-state index in [1.54, 1.807) is 6.08 Å². The van der Waals surface area contributed by atoms with E-state index in [1.807, 2.05) is 36.4 Å². The summed E-state index contributed by atoms with van der Waals surface area (Å²) in [5, 5.41) is 6.97. The molecule has 114 valence electrons. The lowest BCUT2D eigenvalue weighted by molar-refractivity contribution is 0.363. The Kier molecular flexibility index (Phi) is 5.98. The van der Waals surface area contributed by atoms with Crippen LogP contribution in [0.5, 0.6) is 5.75 Å². The van der Waals surface area contributed by atoms with Gasteiger partial charge >= 0.3 is 0 Å². The second-order valence-corrected chi connectivity index (χ2v) is 5.27. The molecule has 0 bridgehead atoms. The molecule has 0 aromatic heterocycles. The summed E-state index contributed by atoms with van der Waals surface area (Å²) in [6.07, 6.45) is 1.72. The summed E-state index contributed by atoms with van der Waals surface area (Å²) < 4.78 is 5.44. The molecule has 0 saturated carbocycles. The third-order valence-electron chi connectivity index (χ3n) is 3.18.